The molecule has 1 aromatic carbocycles. The highest BCUT2D eigenvalue weighted by atomic mass is 127. The molecule has 0 bridgehead atoms. The summed E-state index contributed by atoms with van der Waals surface area (Å²) in [7, 11) is 3.35. The molecule has 1 amide bonds. The van der Waals surface area contributed by atoms with Gasteiger partial charge in [-0.2, -0.15) is 0 Å². The molecule has 130 valence electrons. The first-order valence-corrected chi connectivity index (χ1v) is 7.42. The highest BCUT2D eigenvalue weighted by Crippen LogP contribution is 2.11. The van der Waals surface area contributed by atoms with Crippen LogP contribution >= 0.6 is 24.0 Å². The third kappa shape index (κ3) is 9.27. The van der Waals surface area contributed by atoms with Crippen LogP contribution in [-0.2, 0) is 11.3 Å². The predicted octanol–water partition coefficient (Wildman–Crippen LogP) is 1.89. The fourth-order valence-corrected chi connectivity index (χ4v) is 1.88. The summed E-state index contributed by atoms with van der Waals surface area (Å²) in [5, 5.41) is 9.17. The van der Waals surface area contributed by atoms with Gasteiger partial charge in [-0.1, -0.05) is 12.1 Å². The minimum atomic E-state index is 0. The Morgan fingerprint density at radius 2 is 2.04 bits per heavy atom. The Morgan fingerprint density at radius 1 is 1.30 bits per heavy atom. The maximum Gasteiger partial charge on any atom is 0.221 e. The Bertz CT molecular complexity index is 507. The van der Waals surface area contributed by atoms with Crippen LogP contribution in [0.5, 0.6) is 5.75 Å². The van der Waals surface area contributed by atoms with Crippen LogP contribution < -0.4 is 20.7 Å². The molecule has 0 unspecified atom stereocenters. The second kappa shape index (κ2) is 12.0. The first-order chi connectivity index (χ1) is 10.5. The van der Waals surface area contributed by atoms with Gasteiger partial charge in [-0.25, -0.2) is 0 Å². The molecule has 6 nitrogen and oxygen atoms in total. The molecule has 0 aliphatic rings. The summed E-state index contributed by atoms with van der Waals surface area (Å²) >= 11 is 0. The summed E-state index contributed by atoms with van der Waals surface area (Å²) in [5.41, 5.74) is 1.10. The standard InChI is InChI=1S/C16H26N4O2.HI/c1-12(2)20-15(21)8-9-18-16(17-3)19-11-13-6-5-7-14(10-13)22-4;/h5-7,10,12H,8-9,11H2,1-4H3,(H,20,21)(H2,17,18,19);1H. The van der Waals surface area contributed by atoms with Crippen LogP contribution in [0, 0.1) is 0 Å². The minimum absolute atomic E-state index is 0. The van der Waals surface area contributed by atoms with Gasteiger partial charge in [0.15, 0.2) is 5.96 Å². The van der Waals surface area contributed by atoms with Crippen molar-refractivity contribution in [2.24, 2.45) is 4.99 Å². The summed E-state index contributed by atoms with van der Waals surface area (Å²) < 4.78 is 5.19. The molecule has 0 atom stereocenters. The van der Waals surface area contributed by atoms with Gasteiger partial charge in [0.25, 0.3) is 0 Å². The third-order valence-electron chi connectivity index (χ3n) is 2.91. The van der Waals surface area contributed by atoms with Gasteiger partial charge in [0, 0.05) is 32.6 Å². The molecule has 3 N–H and O–H groups in total. The number of carbonyl (C=O) groups is 1. The number of aliphatic imine (C=N–C) groups is 1. The summed E-state index contributed by atoms with van der Waals surface area (Å²) in [6.45, 7) is 5.06. The van der Waals surface area contributed by atoms with E-state index in [4.69, 9.17) is 4.74 Å². The van der Waals surface area contributed by atoms with Crippen molar-refractivity contribution in [1.82, 2.24) is 16.0 Å². The van der Waals surface area contributed by atoms with Gasteiger partial charge >= 0.3 is 0 Å². The van der Waals surface area contributed by atoms with Crippen molar-refractivity contribution in [3.63, 3.8) is 0 Å². The highest BCUT2D eigenvalue weighted by molar-refractivity contribution is 14.0. The third-order valence-corrected chi connectivity index (χ3v) is 2.91. The molecule has 23 heavy (non-hydrogen) atoms. The fourth-order valence-electron chi connectivity index (χ4n) is 1.88. The van der Waals surface area contributed by atoms with E-state index in [2.05, 4.69) is 20.9 Å². The van der Waals surface area contributed by atoms with Crippen molar-refractivity contribution in [3.05, 3.63) is 29.8 Å². The first kappa shape index (κ1) is 21.5. The van der Waals surface area contributed by atoms with Crippen LogP contribution in [0.2, 0.25) is 0 Å². The van der Waals surface area contributed by atoms with Gasteiger partial charge in [-0.3, -0.25) is 9.79 Å². The van der Waals surface area contributed by atoms with Crippen molar-refractivity contribution in [2.75, 3.05) is 20.7 Å². The second-order valence-corrected chi connectivity index (χ2v) is 5.18. The van der Waals surface area contributed by atoms with Crippen molar-refractivity contribution in [3.8, 4) is 5.75 Å². The fraction of sp³-hybridized carbons (Fsp3) is 0.500. The van der Waals surface area contributed by atoms with E-state index < -0.39 is 0 Å². The Kier molecular flexibility index (Phi) is 11.2. The number of guanidine groups is 1. The quantitative estimate of drug-likeness (QED) is 0.348. The zero-order chi connectivity index (χ0) is 16.4. The molecule has 0 aliphatic heterocycles. The molecule has 0 aliphatic carbocycles. The smallest absolute Gasteiger partial charge is 0.221 e. The minimum Gasteiger partial charge on any atom is -0.497 e. The van der Waals surface area contributed by atoms with E-state index in [1.807, 2.05) is 38.1 Å². The van der Waals surface area contributed by atoms with E-state index in [9.17, 15) is 4.79 Å². The van der Waals surface area contributed by atoms with Crippen LogP contribution in [0.4, 0.5) is 0 Å². The molecule has 1 aromatic rings. The van der Waals surface area contributed by atoms with Gasteiger partial charge in [0.2, 0.25) is 5.91 Å². The summed E-state index contributed by atoms with van der Waals surface area (Å²) in [6.07, 6.45) is 0.415. The Hall–Kier alpha value is -1.51. The van der Waals surface area contributed by atoms with Crippen LogP contribution in [0.1, 0.15) is 25.8 Å². The summed E-state index contributed by atoms with van der Waals surface area (Å²) in [5.74, 6) is 1.53. The lowest BCUT2D eigenvalue weighted by Gasteiger charge is -2.13. The maximum atomic E-state index is 11.5. The van der Waals surface area contributed by atoms with E-state index in [-0.39, 0.29) is 35.9 Å². The molecular weight excluding hydrogens is 407 g/mol. The molecule has 0 heterocycles. The molecule has 0 radical (unpaired) electrons. The number of nitrogens with one attached hydrogen (secondary N) is 3. The number of nitrogens with zero attached hydrogens (tertiary/aromatic N) is 1. The van der Waals surface area contributed by atoms with Crippen molar-refractivity contribution >= 4 is 35.8 Å². The number of hydrogen-bond acceptors (Lipinski definition) is 3. The average molecular weight is 434 g/mol. The van der Waals surface area contributed by atoms with Crippen LogP contribution in [0.15, 0.2) is 29.3 Å². The molecule has 0 fully saturated rings. The molecule has 0 aromatic heterocycles. The Labute approximate surface area is 155 Å². The van der Waals surface area contributed by atoms with Gasteiger partial charge in [-0.15, -0.1) is 24.0 Å². The van der Waals surface area contributed by atoms with Crippen LogP contribution in [0.25, 0.3) is 0 Å². The Morgan fingerprint density at radius 3 is 2.65 bits per heavy atom. The first-order valence-electron chi connectivity index (χ1n) is 7.42. The number of amides is 1. The van der Waals surface area contributed by atoms with E-state index in [0.29, 0.717) is 25.5 Å². The Balaban J connectivity index is 0.00000484. The number of rotatable bonds is 7. The van der Waals surface area contributed by atoms with Gasteiger partial charge < -0.3 is 20.7 Å². The van der Waals surface area contributed by atoms with Gasteiger partial charge in [0.1, 0.15) is 5.75 Å². The molecule has 0 saturated heterocycles. The lowest BCUT2D eigenvalue weighted by Crippen LogP contribution is -2.39. The lowest BCUT2D eigenvalue weighted by atomic mass is 10.2. The van der Waals surface area contributed by atoms with Crippen LogP contribution in [-0.4, -0.2) is 38.6 Å². The molecule has 1 rings (SSSR count). The monoisotopic (exact) mass is 434 g/mol. The molecular formula is C16H27IN4O2. The average Bonchev–Trinajstić information content (AvgIpc) is 2.50. The van der Waals surface area contributed by atoms with E-state index >= 15 is 0 Å². The van der Waals surface area contributed by atoms with Crippen molar-refractivity contribution in [1.29, 1.82) is 0 Å². The van der Waals surface area contributed by atoms with Gasteiger partial charge in [-0.05, 0) is 31.5 Å². The van der Waals surface area contributed by atoms with Crippen LogP contribution in [0.3, 0.4) is 0 Å². The SMILES string of the molecule is CN=C(NCCC(=O)NC(C)C)NCc1cccc(OC)c1.I. The predicted molar refractivity (Wildman–Crippen MR) is 105 cm³/mol. The van der Waals surface area contributed by atoms with Crippen molar-refractivity contribution < 1.29 is 9.53 Å². The van der Waals surface area contributed by atoms with E-state index in [1.165, 1.54) is 0 Å². The number of methoxy groups -OCH3 is 1. The number of benzene rings is 1. The number of carbonyl (C=O) groups excluding carboxylic acids is 1. The number of halogens is 1. The maximum absolute atomic E-state index is 11.5. The molecule has 7 heteroatoms. The number of ether oxygens (including phenoxy) is 1. The highest BCUT2D eigenvalue weighted by Gasteiger charge is 2.04. The summed E-state index contributed by atoms with van der Waals surface area (Å²) in [6, 6.07) is 8.00. The number of hydrogen-bond donors (Lipinski definition) is 3. The second-order valence-electron chi connectivity index (χ2n) is 5.18. The largest absolute Gasteiger partial charge is 0.497 e. The van der Waals surface area contributed by atoms with Crippen molar-refractivity contribution in [2.45, 2.75) is 32.9 Å². The lowest BCUT2D eigenvalue weighted by molar-refractivity contribution is -0.121. The zero-order valence-electron chi connectivity index (χ0n) is 14.2. The van der Waals surface area contributed by atoms with E-state index in [1.54, 1.807) is 14.2 Å². The summed E-state index contributed by atoms with van der Waals surface area (Å²) in [4.78, 5) is 15.7. The zero-order valence-corrected chi connectivity index (χ0v) is 16.5. The molecule has 0 saturated carbocycles. The topological polar surface area (TPSA) is 74.8 Å². The molecule has 0 spiro atoms. The van der Waals surface area contributed by atoms with Gasteiger partial charge in [0.05, 0.1) is 7.11 Å². The van der Waals surface area contributed by atoms with E-state index in [0.717, 1.165) is 11.3 Å². The normalized spacial score (nSPS) is 10.7.